The minimum absolute atomic E-state index is 0.000775. The summed E-state index contributed by atoms with van der Waals surface area (Å²) in [4.78, 5) is 50.0. The molecule has 158 valence electrons. The van der Waals surface area contributed by atoms with Gasteiger partial charge < -0.3 is 4.74 Å². The number of hydrogen-bond donors (Lipinski definition) is 0. The lowest BCUT2D eigenvalue weighted by atomic mass is 10.1. The first-order valence-corrected chi connectivity index (χ1v) is 10.1. The van der Waals surface area contributed by atoms with Gasteiger partial charge in [0, 0.05) is 19.4 Å². The number of esters is 1. The summed E-state index contributed by atoms with van der Waals surface area (Å²) in [5.74, 6) is -1.66. The molecule has 2 aromatic rings. The van der Waals surface area contributed by atoms with Crippen LogP contribution < -0.4 is 0 Å². The average Bonchev–Trinajstić information content (AvgIpc) is 3.38. The van der Waals surface area contributed by atoms with Gasteiger partial charge in [-0.1, -0.05) is 42.5 Å². The number of carbonyl (C=O) groups excluding carboxylic acids is 4. The van der Waals surface area contributed by atoms with Crippen molar-refractivity contribution in [2.75, 3.05) is 19.7 Å². The lowest BCUT2D eigenvalue weighted by Crippen LogP contribution is -2.31. The number of nitrogens with zero attached hydrogens (tertiary/aromatic N) is 3. The summed E-state index contributed by atoms with van der Waals surface area (Å²) in [6.07, 6.45) is 0.904. The molecule has 8 nitrogen and oxygen atoms in total. The summed E-state index contributed by atoms with van der Waals surface area (Å²) in [7, 11) is 0. The monoisotopic (exact) mass is 419 g/mol. The number of rotatable bonds is 7. The van der Waals surface area contributed by atoms with Crippen molar-refractivity contribution in [1.82, 2.24) is 9.91 Å². The summed E-state index contributed by atoms with van der Waals surface area (Å²) < 4.78 is 5.05. The van der Waals surface area contributed by atoms with Crippen LogP contribution in [0.15, 0.2) is 59.7 Å². The molecule has 0 bridgehead atoms. The van der Waals surface area contributed by atoms with E-state index < -0.39 is 12.6 Å². The van der Waals surface area contributed by atoms with Gasteiger partial charge in [0.15, 0.2) is 6.61 Å². The van der Waals surface area contributed by atoms with Gasteiger partial charge in [-0.05, 0) is 24.1 Å². The van der Waals surface area contributed by atoms with Crippen molar-refractivity contribution in [3.63, 3.8) is 0 Å². The molecule has 0 aliphatic carbocycles. The molecule has 2 aliphatic heterocycles. The molecule has 0 N–H and O–H groups in total. The van der Waals surface area contributed by atoms with Crippen LogP contribution in [0.3, 0.4) is 0 Å². The van der Waals surface area contributed by atoms with E-state index >= 15 is 0 Å². The van der Waals surface area contributed by atoms with Gasteiger partial charge in [-0.15, -0.1) is 0 Å². The molecule has 2 heterocycles. The van der Waals surface area contributed by atoms with Crippen LogP contribution in [0.2, 0.25) is 0 Å². The van der Waals surface area contributed by atoms with Gasteiger partial charge in [-0.2, -0.15) is 5.10 Å². The van der Waals surface area contributed by atoms with Gasteiger partial charge in [0.1, 0.15) is 0 Å². The standard InChI is InChI=1S/C23H21N3O5/c27-20(26-14-12-19(24-26)16-7-2-1-3-8-16)15-31-21(28)11-6-13-25-22(29)17-9-4-5-10-18(17)23(25)30/h1-5,7-10H,6,11-15H2. The van der Waals surface area contributed by atoms with Crippen molar-refractivity contribution in [1.29, 1.82) is 0 Å². The fourth-order valence-electron chi connectivity index (χ4n) is 3.58. The molecule has 31 heavy (non-hydrogen) atoms. The Bertz CT molecular complexity index is 1030. The minimum atomic E-state index is -0.559. The number of imide groups is 1. The average molecular weight is 419 g/mol. The normalized spacial score (nSPS) is 15.2. The second-order valence-electron chi connectivity index (χ2n) is 7.25. The van der Waals surface area contributed by atoms with Crippen molar-refractivity contribution in [3.8, 4) is 0 Å². The highest BCUT2D eigenvalue weighted by Crippen LogP contribution is 2.22. The van der Waals surface area contributed by atoms with Crippen LogP contribution in [0.25, 0.3) is 0 Å². The quantitative estimate of drug-likeness (QED) is 0.507. The first-order chi connectivity index (χ1) is 15.0. The van der Waals surface area contributed by atoms with Gasteiger partial charge in [-0.25, -0.2) is 5.01 Å². The second kappa shape index (κ2) is 8.91. The van der Waals surface area contributed by atoms with Crippen LogP contribution >= 0.6 is 0 Å². The van der Waals surface area contributed by atoms with E-state index in [9.17, 15) is 19.2 Å². The molecule has 4 rings (SSSR count). The Morgan fingerprint density at radius 1 is 0.935 bits per heavy atom. The lowest BCUT2D eigenvalue weighted by molar-refractivity contribution is -0.152. The van der Waals surface area contributed by atoms with E-state index in [1.54, 1.807) is 24.3 Å². The Labute approximate surface area is 179 Å². The molecule has 0 unspecified atom stereocenters. The third-order valence-electron chi connectivity index (χ3n) is 5.19. The fourth-order valence-corrected chi connectivity index (χ4v) is 3.58. The fraction of sp³-hybridized carbons (Fsp3) is 0.261. The SMILES string of the molecule is O=C(CCCN1C(=O)c2ccccc2C1=O)OCC(=O)N1CCC(c2ccccc2)=N1. The van der Waals surface area contributed by atoms with E-state index in [4.69, 9.17) is 4.74 Å². The van der Waals surface area contributed by atoms with Gasteiger partial charge in [0.25, 0.3) is 17.7 Å². The van der Waals surface area contributed by atoms with Crippen LogP contribution in [-0.4, -0.2) is 59.0 Å². The van der Waals surface area contributed by atoms with E-state index in [0.717, 1.165) is 16.2 Å². The summed E-state index contributed by atoms with van der Waals surface area (Å²) in [5, 5.41) is 5.63. The number of benzene rings is 2. The van der Waals surface area contributed by atoms with E-state index in [-0.39, 0.29) is 37.1 Å². The second-order valence-corrected chi connectivity index (χ2v) is 7.25. The Kier molecular flexibility index (Phi) is 5.88. The molecule has 0 atom stereocenters. The molecular weight excluding hydrogens is 398 g/mol. The number of hydrogen-bond acceptors (Lipinski definition) is 6. The molecule has 2 aromatic carbocycles. The highest BCUT2D eigenvalue weighted by Gasteiger charge is 2.34. The first-order valence-electron chi connectivity index (χ1n) is 10.1. The molecular formula is C23H21N3O5. The first kappa shape index (κ1) is 20.5. The van der Waals surface area contributed by atoms with Crippen LogP contribution in [0.5, 0.6) is 0 Å². The van der Waals surface area contributed by atoms with Gasteiger partial charge >= 0.3 is 5.97 Å². The number of carbonyl (C=O) groups is 4. The van der Waals surface area contributed by atoms with Crippen molar-refractivity contribution >= 4 is 29.4 Å². The zero-order valence-electron chi connectivity index (χ0n) is 16.8. The number of fused-ring (bicyclic) bond motifs is 1. The molecule has 0 spiro atoms. The Hall–Kier alpha value is -3.81. The molecule has 0 radical (unpaired) electrons. The summed E-state index contributed by atoms with van der Waals surface area (Å²) in [6, 6.07) is 16.2. The maximum atomic E-state index is 12.3. The molecule has 0 aromatic heterocycles. The number of hydrazone groups is 1. The molecule has 8 heteroatoms. The predicted molar refractivity (Wildman–Crippen MR) is 111 cm³/mol. The zero-order valence-corrected chi connectivity index (χ0v) is 16.8. The summed E-state index contributed by atoms with van der Waals surface area (Å²) in [6.45, 7) is 0.171. The van der Waals surface area contributed by atoms with Gasteiger partial charge in [-0.3, -0.25) is 24.1 Å². The maximum Gasteiger partial charge on any atom is 0.306 e. The smallest absolute Gasteiger partial charge is 0.306 e. The third-order valence-corrected chi connectivity index (χ3v) is 5.19. The molecule has 2 aliphatic rings. The van der Waals surface area contributed by atoms with Crippen LogP contribution in [0, 0.1) is 0 Å². The van der Waals surface area contributed by atoms with Gasteiger partial charge in [0.05, 0.1) is 23.4 Å². The van der Waals surface area contributed by atoms with E-state index in [1.807, 2.05) is 30.3 Å². The van der Waals surface area contributed by atoms with E-state index in [0.29, 0.717) is 24.1 Å². The van der Waals surface area contributed by atoms with Crippen LogP contribution in [-0.2, 0) is 14.3 Å². The Morgan fingerprint density at radius 3 is 2.26 bits per heavy atom. The van der Waals surface area contributed by atoms with Crippen molar-refractivity contribution in [2.24, 2.45) is 5.10 Å². The third kappa shape index (κ3) is 4.37. The highest BCUT2D eigenvalue weighted by molar-refractivity contribution is 6.21. The highest BCUT2D eigenvalue weighted by atomic mass is 16.5. The predicted octanol–water partition coefficient (Wildman–Crippen LogP) is 2.24. The number of ether oxygens (including phenoxy) is 1. The molecule has 3 amide bonds. The molecule has 0 saturated carbocycles. The van der Waals surface area contributed by atoms with Crippen molar-refractivity contribution in [3.05, 3.63) is 71.3 Å². The lowest BCUT2D eigenvalue weighted by Gasteiger charge is -2.14. The van der Waals surface area contributed by atoms with Crippen LogP contribution in [0.1, 0.15) is 45.5 Å². The van der Waals surface area contributed by atoms with Gasteiger partial charge in [0.2, 0.25) is 0 Å². The number of amides is 3. The Morgan fingerprint density at radius 2 is 1.58 bits per heavy atom. The molecule has 0 saturated heterocycles. The largest absolute Gasteiger partial charge is 0.455 e. The summed E-state index contributed by atoms with van der Waals surface area (Å²) >= 11 is 0. The minimum Gasteiger partial charge on any atom is -0.455 e. The van der Waals surface area contributed by atoms with E-state index in [2.05, 4.69) is 5.10 Å². The topological polar surface area (TPSA) is 96.3 Å². The van der Waals surface area contributed by atoms with E-state index in [1.165, 1.54) is 5.01 Å². The van der Waals surface area contributed by atoms with Crippen LogP contribution in [0.4, 0.5) is 0 Å². The zero-order chi connectivity index (χ0) is 21.8. The van der Waals surface area contributed by atoms with Crippen molar-refractivity contribution in [2.45, 2.75) is 19.3 Å². The maximum absolute atomic E-state index is 12.3. The molecule has 0 fully saturated rings. The summed E-state index contributed by atoms with van der Waals surface area (Å²) in [5.41, 5.74) is 2.53. The van der Waals surface area contributed by atoms with Crippen molar-refractivity contribution < 1.29 is 23.9 Å². The Balaban J connectivity index is 1.21.